The topological polar surface area (TPSA) is 70.7 Å². The Morgan fingerprint density at radius 1 is 1.16 bits per heavy atom. The molecule has 0 unspecified atom stereocenters. The zero-order valence-corrected chi connectivity index (χ0v) is 18.1. The SMILES string of the molecule is CCN(CC(=O)Nc1ccccc1C(=O)NC1CCCC1)Cc1ccc(OC)c(F)c1. The van der Waals surface area contributed by atoms with Crippen LogP contribution in [0.1, 0.15) is 48.5 Å². The van der Waals surface area contributed by atoms with E-state index in [1.165, 1.54) is 13.2 Å². The maximum absolute atomic E-state index is 14.0. The summed E-state index contributed by atoms with van der Waals surface area (Å²) in [5.41, 5.74) is 1.71. The number of carbonyl (C=O) groups excluding carboxylic acids is 2. The molecule has 2 aromatic carbocycles. The van der Waals surface area contributed by atoms with Crippen LogP contribution in [0.25, 0.3) is 0 Å². The molecule has 0 saturated heterocycles. The number of likely N-dealkylation sites (N-methyl/N-ethyl adjacent to an activating group) is 1. The molecule has 6 nitrogen and oxygen atoms in total. The van der Waals surface area contributed by atoms with Gasteiger partial charge in [-0.05, 0) is 49.2 Å². The van der Waals surface area contributed by atoms with E-state index in [1.807, 2.05) is 11.8 Å². The van der Waals surface area contributed by atoms with Gasteiger partial charge >= 0.3 is 0 Å². The Kier molecular flexibility index (Phi) is 8.00. The predicted molar refractivity (Wildman–Crippen MR) is 119 cm³/mol. The summed E-state index contributed by atoms with van der Waals surface area (Å²) in [6.45, 7) is 3.11. The number of hydrogen-bond acceptors (Lipinski definition) is 4. The molecule has 0 bridgehead atoms. The Morgan fingerprint density at radius 3 is 2.58 bits per heavy atom. The van der Waals surface area contributed by atoms with Crippen molar-refractivity contribution in [1.29, 1.82) is 0 Å². The highest BCUT2D eigenvalue weighted by atomic mass is 19.1. The van der Waals surface area contributed by atoms with Crippen LogP contribution >= 0.6 is 0 Å². The number of ether oxygens (including phenoxy) is 1. The van der Waals surface area contributed by atoms with Gasteiger partial charge in [0.15, 0.2) is 11.6 Å². The number of methoxy groups -OCH3 is 1. The summed E-state index contributed by atoms with van der Waals surface area (Å²) < 4.78 is 18.9. The van der Waals surface area contributed by atoms with Crippen molar-refractivity contribution in [2.45, 2.75) is 45.2 Å². The molecule has 0 heterocycles. The number of benzene rings is 2. The van der Waals surface area contributed by atoms with Crippen molar-refractivity contribution in [1.82, 2.24) is 10.2 Å². The van der Waals surface area contributed by atoms with Gasteiger partial charge in [0, 0.05) is 12.6 Å². The fourth-order valence-electron chi connectivity index (χ4n) is 3.86. The minimum Gasteiger partial charge on any atom is -0.494 e. The summed E-state index contributed by atoms with van der Waals surface area (Å²) in [6, 6.07) is 12.0. The number of hydrogen-bond donors (Lipinski definition) is 2. The van der Waals surface area contributed by atoms with E-state index in [1.54, 1.807) is 36.4 Å². The van der Waals surface area contributed by atoms with Gasteiger partial charge in [-0.2, -0.15) is 0 Å². The van der Waals surface area contributed by atoms with Crippen molar-refractivity contribution < 1.29 is 18.7 Å². The van der Waals surface area contributed by atoms with Gasteiger partial charge in [0.05, 0.1) is 24.9 Å². The lowest BCUT2D eigenvalue weighted by Crippen LogP contribution is -2.35. The number of anilines is 1. The molecule has 7 heteroatoms. The molecule has 0 aromatic heterocycles. The fourth-order valence-corrected chi connectivity index (χ4v) is 3.86. The molecule has 0 atom stereocenters. The first-order valence-corrected chi connectivity index (χ1v) is 10.7. The molecular formula is C24H30FN3O3. The van der Waals surface area contributed by atoms with Crippen molar-refractivity contribution in [3.63, 3.8) is 0 Å². The third-order valence-electron chi connectivity index (χ3n) is 5.57. The molecule has 2 N–H and O–H groups in total. The van der Waals surface area contributed by atoms with Gasteiger partial charge in [0.25, 0.3) is 5.91 Å². The molecule has 0 spiro atoms. The number of carbonyl (C=O) groups is 2. The van der Waals surface area contributed by atoms with Gasteiger partial charge in [-0.1, -0.05) is 38.0 Å². The standard InChI is InChI=1S/C24H30FN3O3/c1-3-28(15-17-12-13-22(31-2)20(25)14-17)16-23(29)27-21-11-7-6-10-19(21)24(30)26-18-8-4-5-9-18/h6-7,10-14,18H,3-5,8-9,15-16H2,1-2H3,(H,26,30)(H,27,29). The summed E-state index contributed by atoms with van der Waals surface area (Å²) in [6.07, 6.45) is 4.26. The molecule has 1 aliphatic rings. The Morgan fingerprint density at radius 2 is 1.90 bits per heavy atom. The lowest BCUT2D eigenvalue weighted by Gasteiger charge is -2.21. The minimum absolute atomic E-state index is 0.128. The lowest BCUT2D eigenvalue weighted by atomic mass is 10.1. The molecule has 1 aliphatic carbocycles. The van der Waals surface area contributed by atoms with Gasteiger partial charge in [-0.3, -0.25) is 14.5 Å². The first-order valence-electron chi connectivity index (χ1n) is 10.7. The Labute approximate surface area is 182 Å². The summed E-state index contributed by atoms with van der Waals surface area (Å²) in [4.78, 5) is 27.3. The van der Waals surface area contributed by atoms with E-state index >= 15 is 0 Å². The molecule has 166 valence electrons. The Bertz CT molecular complexity index is 913. The highest BCUT2D eigenvalue weighted by Gasteiger charge is 2.20. The quantitative estimate of drug-likeness (QED) is 0.635. The van der Waals surface area contributed by atoms with Crippen LogP contribution in [-0.4, -0.2) is 43.0 Å². The van der Waals surface area contributed by atoms with E-state index in [0.717, 1.165) is 31.2 Å². The van der Waals surface area contributed by atoms with Crippen LogP contribution in [0.4, 0.5) is 10.1 Å². The number of para-hydroxylation sites is 1. The molecule has 31 heavy (non-hydrogen) atoms. The van der Waals surface area contributed by atoms with Gasteiger partial charge in [0.2, 0.25) is 5.91 Å². The van der Waals surface area contributed by atoms with Crippen LogP contribution < -0.4 is 15.4 Å². The Hall–Kier alpha value is -2.93. The van der Waals surface area contributed by atoms with Gasteiger partial charge in [0.1, 0.15) is 0 Å². The van der Waals surface area contributed by atoms with Gasteiger partial charge < -0.3 is 15.4 Å². The summed E-state index contributed by atoms with van der Waals surface area (Å²) in [7, 11) is 1.42. The van der Waals surface area contributed by atoms with Crippen LogP contribution in [0.15, 0.2) is 42.5 Å². The zero-order valence-electron chi connectivity index (χ0n) is 18.1. The fraction of sp³-hybridized carbons (Fsp3) is 0.417. The molecule has 1 fully saturated rings. The van der Waals surface area contributed by atoms with Crippen LogP contribution in [0, 0.1) is 5.82 Å². The van der Waals surface area contributed by atoms with Crippen LogP contribution in [-0.2, 0) is 11.3 Å². The first kappa shape index (κ1) is 22.7. The summed E-state index contributed by atoms with van der Waals surface area (Å²) in [5, 5.41) is 5.92. The van der Waals surface area contributed by atoms with Crippen molar-refractivity contribution in [3.05, 3.63) is 59.4 Å². The van der Waals surface area contributed by atoms with Crippen molar-refractivity contribution in [3.8, 4) is 5.75 Å². The zero-order chi connectivity index (χ0) is 22.2. The average Bonchev–Trinajstić information content (AvgIpc) is 3.26. The highest BCUT2D eigenvalue weighted by molar-refractivity contribution is 6.04. The number of amides is 2. The van der Waals surface area contributed by atoms with Gasteiger partial charge in [-0.25, -0.2) is 4.39 Å². The second kappa shape index (κ2) is 10.9. The molecule has 2 aromatic rings. The minimum atomic E-state index is -0.428. The normalized spacial score (nSPS) is 13.9. The maximum atomic E-state index is 14.0. The first-order chi connectivity index (χ1) is 15.0. The number of nitrogens with one attached hydrogen (secondary N) is 2. The van der Waals surface area contributed by atoms with Crippen molar-refractivity contribution >= 4 is 17.5 Å². The highest BCUT2D eigenvalue weighted by Crippen LogP contribution is 2.21. The van der Waals surface area contributed by atoms with E-state index in [-0.39, 0.29) is 30.2 Å². The largest absolute Gasteiger partial charge is 0.494 e. The molecule has 3 rings (SSSR count). The second-order valence-corrected chi connectivity index (χ2v) is 7.82. The Balaban J connectivity index is 1.61. The summed E-state index contributed by atoms with van der Waals surface area (Å²) >= 11 is 0. The van der Waals surface area contributed by atoms with E-state index in [0.29, 0.717) is 24.3 Å². The van der Waals surface area contributed by atoms with Crippen LogP contribution in [0.5, 0.6) is 5.75 Å². The number of nitrogens with zero attached hydrogens (tertiary/aromatic N) is 1. The summed E-state index contributed by atoms with van der Waals surface area (Å²) in [5.74, 6) is -0.624. The molecular weight excluding hydrogens is 397 g/mol. The van der Waals surface area contributed by atoms with Crippen LogP contribution in [0.3, 0.4) is 0 Å². The van der Waals surface area contributed by atoms with Crippen molar-refractivity contribution in [2.24, 2.45) is 0 Å². The van der Waals surface area contributed by atoms with E-state index < -0.39 is 5.82 Å². The van der Waals surface area contributed by atoms with E-state index in [2.05, 4.69) is 10.6 Å². The third kappa shape index (κ3) is 6.28. The van der Waals surface area contributed by atoms with E-state index in [9.17, 15) is 14.0 Å². The van der Waals surface area contributed by atoms with Crippen LogP contribution in [0.2, 0.25) is 0 Å². The molecule has 0 aliphatic heterocycles. The smallest absolute Gasteiger partial charge is 0.253 e. The monoisotopic (exact) mass is 427 g/mol. The number of halogens is 1. The maximum Gasteiger partial charge on any atom is 0.253 e. The van der Waals surface area contributed by atoms with E-state index in [4.69, 9.17) is 4.74 Å². The lowest BCUT2D eigenvalue weighted by molar-refractivity contribution is -0.117. The number of rotatable bonds is 9. The molecule has 2 amide bonds. The second-order valence-electron chi connectivity index (χ2n) is 7.82. The average molecular weight is 428 g/mol. The molecule has 0 radical (unpaired) electrons. The van der Waals surface area contributed by atoms with Crippen molar-refractivity contribution in [2.75, 3.05) is 25.5 Å². The molecule has 1 saturated carbocycles. The predicted octanol–water partition coefficient (Wildman–Crippen LogP) is 3.97. The third-order valence-corrected chi connectivity index (χ3v) is 5.57. The van der Waals surface area contributed by atoms with Gasteiger partial charge in [-0.15, -0.1) is 0 Å².